The molecule has 0 saturated carbocycles. The van der Waals surface area contributed by atoms with Crippen LogP contribution in [0.25, 0.3) is 0 Å². The van der Waals surface area contributed by atoms with Crippen LogP contribution in [0.15, 0.2) is 30.5 Å². The average Bonchev–Trinajstić information content (AvgIpc) is 3.02. The van der Waals surface area contributed by atoms with E-state index in [2.05, 4.69) is 15.4 Å². The molecular formula is C18H23N5O2. The summed E-state index contributed by atoms with van der Waals surface area (Å²) >= 11 is 0. The number of hydrogen-bond donors (Lipinski definition) is 1. The van der Waals surface area contributed by atoms with Crippen molar-refractivity contribution in [3.8, 4) is 0 Å². The molecule has 0 fully saturated rings. The molecule has 0 saturated heterocycles. The van der Waals surface area contributed by atoms with E-state index < -0.39 is 5.41 Å². The summed E-state index contributed by atoms with van der Waals surface area (Å²) in [5.74, 6) is -0.123. The van der Waals surface area contributed by atoms with E-state index in [4.69, 9.17) is 0 Å². The summed E-state index contributed by atoms with van der Waals surface area (Å²) in [5.41, 5.74) is 1.63. The number of hydrogen-bond acceptors (Lipinski definition) is 4. The van der Waals surface area contributed by atoms with Crippen molar-refractivity contribution in [2.75, 3.05) is 6.54 Å². The molecule has 2 aromatic heterocycles. The van der Waals surface area contributed by atoms with Crippen LogP contribution in [0.2, 0.25) is 0 Å². The van der Waals surface area contributed by atoms with Gasteiger partial charge in [-0.05, 0) is 18.2 Å². The third-order valence-electron chi connectivity index (χ3n) is 4.12. The fourth-order valence-corrected chi connectivity index (χ4v) is 2.79. The predicted molar refractivity (Wildman–Crippen MR) is 92.5 cm³/mol. The lowest BCUT2D eigenvalue weighted by Crippen LogP contribution is -2.43. The van der Waals surface area contributed by atoms with Crippen LogP contribution >= 0.6 is 0 Å². The average molecular weight is 341 g/mol. The highest BCUT2D eigenvalue weighted by atomic mass is 16.2. The summed E-state index contributed by atoms with van der Waals surface area (Å²) in [7, 11) is 0. The number of carbonyl (C=O) groups excluding carboxylic acids is 2. The van der Waals surface area contributed by atoms with E-state index in [9.17, 15) is 9.59 Å². The van der Waals surface area contributed by atoms with Crippen molar-refractivity contribution >= 4 is 11.8 Å². The lowest BCUT2D eigenvalue weighted by atomic mass is 9.94. The topological polar surface area (TPSA) is 80.1 Å². The Labute approximate surface area is 147 Å². The Kier molecular flexibility index (Phi) is 4.57. The highest BCUT2D eigenvalue weighted by Gasteiger charge is 2.30. The second-order valence-corrected chi connectivity index (χ2v) is 7.22. The number of amides is 2. The van der Waals surface area contributed by atoms with Gasteiger partial charge in [0.2, 0.25) is 5.91 Å². The zero-order chi connectivity index (χ0) is 18.0. The molecule has 7 nitrogen and oxygen atoms in total. The molecule has 7 heteroatoms. The number of aromatic nitrogens is 3. The molecule has 3 heterocycles. The molecule has 2 amide bonds. The Morgan fingerprint density at radius 1 is 1.24 bits per heavy atom. The van der Waals surface area contributed by atoms with E-state index >= 15 is 0 Å². The normalized spacial score (nSPS) is 14.1. The number of pyridine rings is 1. The highest BCUT2D eigenvalue weighted by molar-refractivity contribution is 5.92. The third-order valence-corrected chi connectivity index (χ3v) is 4.12. The maximum atomic E-state index is 12.4. The van der Waals surface area contributed by atoms with Gasteiger partial charge in [-0.1, -0.05) is 26.8 Å². The number of fused-ring (bicyclic) bond motifs is 1. The lowest BCUT2D eigenvalue weighted by molar-refractivity contribution is -0.141. The molecule has 1 aliphatic heterocycles. The van der Waals surface area contributed by atoms with Crippen molar-refractivity contribution < 1.29 is 9.59 Å². The fraction of sp³-hybridized carbons (Fsp3) is 0.444. The molecule has 1 aliphatic rings. The summed E-state index contributed by atoms with van der Waals surface area (Å²) in [6.07, 6.45) is 1.69. The number of rotatable bonds is 3. The van der Waals surface area contributed by atoms with E-state index in [-0.39, 0.29) is 11.8 Å². The van der Waals surface area contributed by atoms with Crippen LogP contribution in [-0.2, 0) is 24.4 Å². The summed E-state index contributed by atoms with van der Waals surface area (Å²) in [6.45, 7) is 7.80. The predicted octanol–water partition coefficient (Wildman–Crippen LogP) is 1.60. The smallest absolute Gasteiger partial charge is 0.272 e. The van der Waals surface area contributed by atoms with Gasteiger partial charge < -0.3 is 10.2 Å². The summed E-state index contributed by atoms with van der Waals surface area (Å²) in [4.78, 5) is 30.8. The second kappa shape index (κ2) is 6.66. The van der Waals surface area contributed by atoms with Gasteiger partial charge in [-0.2, -0.15) is 5.10 Å². The first kappa shape index (κ1) is 17.1. The summed E-state index contributed by atoms with van der Waals surface area (Å²) < 4.78 is 1.81. The van der Waals surface area contributed by atoms with Gasteiger partial charge in [-0.25, -0.2) is 0 Å². The molecular weight excluding hydrogens is 318 g/mol. The largest absolute Gasteiger partial charge is 0.345 e. The van der Waals surface area contributed by atoms with Crippen molar-refractivity contribution in [2.45, 2.75) is 40.4 Å². The minimum absolute atomic E-state index is 0.112. The van der Waals surface area contributed by atoms with Gasteiger partial charge in [0.25, 0.3) is 5.91 Å². The van der Waals surface area contributed by atoms with E-state index in [1.54, 1.807) is 12.3 Å². The molecule has 25 heavy (non-hydrogen) atoms. The molecule has 0 radical (unpaired) electrons. The highest BCUT2D eigenvalue weighted by Crippen LogP contribution is 2.22. The maximum absolute atomic E-state index is 12.4. The van der Waals surface area contributed by atoms with E-state index in [0.717, 1.165) is 11.4 Å². The van der Waals surface area contributed by atoms with Crippen LogP contribution < -0.4 is 5.32 Å². The molecule has 0 aromatic carbocycles. The van der Waals surface area contributed by atoms with Gasteiger partial charge in [0.15, 0.2) is 5.69 Å². The molecule has 0 atom stereocenters. The van der Waals surface area contributed by atoms with E-state index in [1.165, 1.54) is 0 Å². The first-order chi connectivity index (χ1) is 11.8. The second-order valence-electron chi connectivity index (χ2n) is 7.22. The Morgan fingerprint density at radius 2 is 2.04 bits per heavy atom. The van der Waals surface area contributed by atoms with Gasteiger partial charge in [0, 0.05) is 18.2 Å². The molecule has 3 rings (SSSR count). The molecule has 0 aliphatic carbocycles. The van der Waals surface area contributed by atoms with Crippen molar-refractivity contribution in [2.24, 2.45) is 5.41 Å². The van der Waals surface area contributed by atoms with Crippen molar-refractivity contribution in [3.05, 3.63) is 47.5 Å². The summed E-state index contributed by atoms with van der Waals surface area (Å²) in [6, 6.07) is 7.33. The van der Waals surface area contributed by atoms with Gasteiger partial charge >= 0.3 is 0 Å². The number of nitrogens with zero attached hydrogens (tertiary/aromatic N) is 4. The van der Waals surface area contributed by atoms with E-state index in [1.807, 2.05) is 48.6 Å². The van der Waals surface area contributed by atoms with Crippen LogP contribution in [0.4, 0.5) is 0 Å². The van der Waals surface area contributed by atoms with Crippen LogP contribution in [0, 0.1) is 5.41 Å². The van der Waals surface area contributed by atoms with Crippen LogP contribution in [0.3, 0.4) is 0 Å². The number of nitrogens with one attached hydrogen (secondary N) is 1. The Bertz CT molecular complexity index is 777. The van der Waals surface area contributed by atoms with Gasteiger partial charge in [0.1, 0.15) is 0 Å². The van der Waals surface area contributed by atoms with Crippen molar-refractivity contribution in [1.29, 1.82) is 0 Å². The zero-order valence-corrected chi connectivity index (χ0v) is 14.8. The lowest BCUT2D eigenvalue weighted by Gasteiger charge is -2.32. The fourth-order valence-electron chi connectivity index (χ4n) is 2.79. The third kappa shape index (κ3) is 3.87. The van der Waals surface area contributed by atoms with Gasteiger partial charge in [-0.3, -0.25) is 19.3 Å². The first-order valence-electron chi connectivity index (χ1n) is 8.39. The number of carbonyl (C=O) groups is 2. The molecule has 132 valence electrons. The minimum atomic E-state index is -0.412. The Balaban J connectivity index is 1.66. The molecule has 0 spiro atoms. The monoisotopic (exact) mass is 341 g/mol. The molecule has 2 aromatic rings. The maximum Gasteiger partial charge on any atom is 0.272 e. The molecule has 0 unspecified atom stereocenters. The molecule has 1 N–H and O–H groups in total. The van der Waals surface area contributed by atoms with Crippen LogP contribution in [0.5, 0.6) is 0 Å². The zero-order valence-electron chi connectivity index (χ0n) is 14.8. The molecule has 0 bridgehead atoms. The Morgan fingerprint density at radius 3 is 2.72 bits per heavy atom. The standard InChI is InChI=1S/C18H23N5O2/c1-18(2,3)17(25)22-8-9-23-14(12-22)10-15(21-23)16(24)20-11-13-6-4-5-7-19-13/h4-7,10H,8-9,11-12H2,1-3H3,(H,20,24). The van der Waals surface area contributed by atoms with Gasteiger partial charge in [-0.15, -0.1) is 0 Å². The summed E-state index contributed by atoms with van der Waals surface area (Å²) in [5, 5.41) is 7.19. The quantitative estimate of drug-likeness (QED) is 0.919. The first-order valence-corrected chi connectivity index (χ1v) is 8.39. The minimum Gasteiger partial charge on any atom is -0.345 e. The SMILES string of the molecule is CC(C)(C)C(=O)N1CCn2nc(C(=O)NCc3ccccn3)cc2C1. The van der Waals surface area contributed by atoms with Crippen molar-refractivity contribution in [1.82, 2.24) is 25.0 Å². The van der Waals surface area contributed by atoms with E-state index in [0.29, 0.717) is 31.9 Å². The van der Waals surface area contributed by atoms with Crippen LogP contribution in [0.1, 0.15) is 42.6 Å². The Hall–Kier alpha value is -2.70. The van der Waals surface area contributed by atoms with Crippen molar-refractivity contribution in [3.63, 3.8) is 0 Å². The van der Waals surface area contributed by atoms with Crippen LogP contribution in [-0.4, -0.2) is 38.0 Å². The van der Waals surface area contributed by atoms with Gasteiger partial charge in [0.05, 0.1) is 31.0 Å².